The van der Waals surface area contributed by atoms with Crippen molar-refractivity contribution in [1.82, 2.24) is 0 Å². The zero-order chi connectivity index (χ0) is 17.1. The van der Waals surface area contributed by atoms with Crippen molar-refractivity contribution in [1.29, 1.82) is 0 Å². The molecule has 0 aromatic rings. The molecule has 24 heavy (non-hydrogen) atoms. The fraction of sp³-hybridized carbons (Fsp3) is 0.905. The molecule has 0 saturated heterocycles. The SMILES string of the molecule is CC(=O)OC1CCC2C3CC(=O)C4CCCCC4(C)C3CCC12C. The van der Waals surface area contributed by atoms with Gasteiger partial charge in [0.25, 0.3) is 0 Å². The molecule has 0 radical (unpaired) electrons. The lowest BCUT2D eigenvalue weighted by molar-refractivity contribution is -0.166. The number of ketones is 1. The molecule has 4 fully saturated rings. The summed E-state index contributed by atoms with van der Waals surface area (Å²) in [5.74, 6) is 2.50. The highest BCUT2D eigenvalue weighted by molar-refractivity contribution is 5.83. The first kappa shape index (κ1) is 16.6. The van der Waals surface area contributed by atoms with Gasteiger partial charge >= 0.3 is 5.97 Å². The van der Waals surface area contributed by atoms with E-state index in [-0.39, 0.29) is 22.9 Å². The van der Waals surface area contributed by atoms with Gasteiger partial charge in [-0.05, 0) is 61.7 Å². The number of Topliss-reactive ketones (excluding diaryl/α,β-unsaturated/α-hetero) is 1. The van der Waals surface area contributed by atoms with Gasteiger partial charge < -0.3 is 4.74 Å². The minimum Gasteiger partial charge on any atom is -0.462 e. The number of fused-ring (bicyclic) bond motifs is 5. The van der Waals surface area contributed by atoms with Crippen LogP contribution in [0.3, 0.4) is 0 Å². The van der Waals surface area contributed by atoms with Crippen LogP contribution < -0.4 is 0 Å². The van der Waals surface area contributed by atoms with Crippen molar-refractivity contribution < 1.29 is 14.3 Å². The molecule has 0 amide bonds. The molecule has 3 nitrogen and oxygen atoms in total. The van der Waals surface area contributed by atoms with Crippen molar-refractivity contribution in [2.45, 2.75) is 84.7 Å². The normalized spacial score (nSPS) is 50.6. The van der Waals surface area contributed by atoms with Crippen molar-refractivity contribution in [3.8, 4) is 0 Å². The van der Waals surface area contributed by atoms with Crippen LogP contribution in [0.15, 0.2) is 0 Å². The Morgan fingerprint density at radius 2 is 1.75 bits per heavy atom. The van der Waals surface area contributed by atoms with E-state index >= 15 is 0 Å². The summed E-state index contributed by atoms with van der Waals surface area (Å²) < 4.78 is 5.70. The topological polar surface area (TPSA) is 43.4 Å². The monoisotopic (exact) mass is 332 g/mol. The van der Waals surface area contributed by atoms with E-state index in [1.54, 1.807) is 0 Å². The van der Waals surface area contributed by atoms with Crippen LogP contribution in [0.5, 0.6) is 0 Å². The largest absolute Gasteiger partial charge is 0.462 e. The van der Waals surface area contributed by atoms with Gasteiger partial charge in [-0.1, -0.05) is 26.7 Å². The molecule has 7 unspecified atom stereocenters. The second-order valence-corrected chi connectivity index (χ2v) is 9.57. The number of carbonyl (C=O) groups excluding carboxylic acids is 2. The van der Waals surface area contributed by atoms with Crippen molar-refractivity contribution in [2.75, 3.05) is 0 Å². The van der Waals surface area contributed by atoms with E-state index in [9.17, 15) is 9.59 Å². The fourth-order valence-corrected chi connectivity index (χ4v) is 7.44. The molecule has 0 aromatic heterocycles. The van der Waals surface area contributed by atoms with E-state index in [2.05, 4.69) is 13.8 Å². The Balaban J connectivity index is 1.63. The van der Waals surface area contributed by atoms with Crippen LogP contribution in [0.2, 0.25) is 0 Å². The van der Waals surface area contributed by atoms with Crippen molar-refractivity contribution in [2.24, 2.45) is 34.5 Å². The Labute approximate surface area is 145 Å². The molecule has 0 bridgehead atoms. The average molecular weight is 332 g/mol. The van der Waals surface area contributed by atoms with Gasteiger partial charge in [-0.25, -0.2) is 0 Å². The Morgan fingerprint density at radius 3 is 2.50 bits per heavy atom. The lowest BCUT2D eigenvalue weighted by atomic mass is 9.45. The molecule has 0 heterocycles. The van der Waals surface area contributed by atoms with E-state index < -0.39 is 0 Å². The molecule has 7 atom stereocenters. The number of rotatable bonds is 1. The average Bonchev–Trinajstić information content (AvgIpc) is 2.84. The van der Waals surface area contributed by atoms with Gasteiger partial charge in [0.05, 0.1) is 0 Å². The maximum Gasteiger partial charge on any atom is 0.302 e. The third kappa shape index (κ3) is 2.22. The van der Waals surface area contributed by atoms with Crippen LogP contribution in [0.25, 0.3) is 0 Å². The number of hydrogen-bond acceptors (Lipinski definition) is 3. The Hall–Kier alpha value is -0.860. The zero-order valence-corrected chi connectivity index (χ0v) is 15.5. The van der Waals surface area contributed by atoms with E-state index in [0.717, 1.165) is 32.1 Å². The molecule has 4 aliphatic rings. The predicted octanol–water partition coefficient (Wildman–Crippen LogP) is 4.53. The molecule has 0 N–H and O–H groups in total. The third-order valence-corrected chi connectivity index (χ3v) is 8.59. The van der Waals surface area contributed by atoms with E-state index in [4.69, 9.17) is 4.74 Å². The first-order valence-electron chi connectivity index (χ1n) is 10.1. The molecule has 0 spiro atoms. The van der Waals surface area contributed by atoms with Crippen LogP contribution in [0, 0.1) is 34.5 Å². The smallest absolute Gasteiger partial charge is 0.302 e. The van der Waals surface area contributed by atoms with Gasteiger partial charge in [-0.2, -0.15) is 0 Å². The summed E-state index contributed by atoms with van der Waals surface area (Å²) >= 11 is 0. The fourth-order valence-electron chi connectivity index (χ4n) is 7.44. The minimum absolute atomic E-state index is 0.0629. The summed E-state index contributed by atoms with van der Waals surface area (Å²) in [7, 11) is 0. The molecule has 4 aliphatic carbocycles. The minimum atomic E-state index is -0.150. The second kappa shape index (κ2) is 5.57. The molecular weight excluding hydrogens is 300 g/mol. The molecule has 0 aliphatic heterocycles. The summed E-state index contributed by atoms with van der Waals surface area (Å²) in [6, 6.07) is 0. The molecular formula is C21H32O3. The maximum absolute atomic E-state index is 13.0. The lowest BCUT2D eigenvalue weighted by Crippen LogP contribution is -2.56. The van der Waals surface area contributed by atoms with Gasteiger partial charge in [0.1, 0.15) is 11.9 Å². The van der Waals surface area contributed by atoms with Crippen LogP contribution >= 0.6 is 0 Å². The van der Waals surface area contributed by atoms with Crippen LogP contribution in [0.1, 0.15) is 78.6 Å². The zero-order valence-electron chi connectivity index (χ0n) is 15.5. The highest BCUT2D eigenvalue weighted by Crippen LogP contribution is 2.65. The first-order chi connectivity index (χ1) is 11.4. The molecule has 4 rings (SSSR count). The number of esters is 1. The highest BCUT2D eigenvalue weighted by atomic mass is 16.5. The molecule has 4 saturated carbocycles. The van der Waals surface area contributed by atoms with E-state index in [1.165, 1.54) is 32.6 Å². The third-order valence-electron chi connectivity index (χ3n) is 8.59. The summed E-state index contributed by atoms with van der Waals surface area (Å²) in [5, 5.41) is 0. The number of ether oxygens (including phenoxy) is 1. The van der Waals surface area contributed by atoms with Crippen LogP contribution in [-0.2, 0) is 14.3 Å². The van der Waals surface area contributed by atoms with Crippen molar-refractivity contribution >= 4 is 11.8 Å². The number of hydrogen-bond donors (Lipinski definition) is 0. The second-order valence-electron chi connectivity index (χ2n) is 9.57. The van der Waals surface area contributed by atoms with E-state index in [1.807, 2.05) is 0 Å². The summed E-state index contributed by atoms with van der Waals surface area (Å²) in [4.78, 5) is 24.5. The standard InChI is InChI=1S/C21H32O3/c1-13(22)24-19-8-7-15-14-12-18(23)17-6-4-5-10-20(17,2)16(14)9-11-21(15,19)3/h14-17,19H,4-12H2,1-3H3. The molecule has 3 heteroatoms. The maximum atomic E-state index is 13.0. The Bertz CT molecular complexity index is 555. The van der Waals surface area contributed by atoms with Gasteiger partial charge in [-0.3, -0.25) is 9.59 Å². The van der Waals surface area contributed by atoms with E-state index in [0.29, 0.717) is 29.5 Å². The highest BCUT2D eigenvalue weighted by Gasteiger charge is 2.62. The Morgan fingerprint density at radius 1 is 1.00 bits per heavy atom. The van der Waals surface area contributed by atoms with Gasteiger partial charge in [0.2, 0.25) is 0 Å². The summed E-state index contributed by atoms with van der Waals surface area (Å²) in [6.45, 7) is 6.28. The number of carbonyl (C=O) groups is 2. The van der Waals surface area contributed by atoms with Gasteiger partial charge in [0, 0.05) is 24.7 Å². The Kier molecular flexibility index (Phi) is 3.85. The van der Waals surface area contributed by atoms with Crippen LogP contribution in [0.4, 0.5) is 0 Å². The van der Waals surface area contributed by atoms with Crippen molar-refractivity contribution in [3.05, 3.63) is 0 Å². The van der Waals surface area contributed by atoms with Gasteiger partial charge in [0.15, 0.2) is 0 Å². The molecule has 134 valence electrons. The van der Waals surface area contributed by atoms with Crippen LogP contribution in [-0.4, -0.2) is 17.9 Å². The molecule has 0 aromatic carbocycles. The lowest BCUT2D eigenvalue weighted by Gasteiger charge is -2.59. The quantitative estimate of drug-likeness (QED) is 0.663. The summed E-state index contributed by atoms with van der Waals surface area (Å²) in [6.07, 6.45) is 10.2. The first-order valence-corrected chi connectivity index (χ1v) is 10.1. The van der Waals surface area contributed by atoms with Gasteiger partial charge in [-0.15, -0.1) is 0 Å². The summed E-state index contributed by atoms with van der Waals surface area (Å²) in [5.41, 5.74) is 0.323. The van der Waals surface area contributed by atoms with Crippen molar-refractivity contribution in [3.63, 3.8) is 0 Å². The predicted molar refractivity (Wildman–Crippen MR) is 92.3 cm³/mol.